The van der Waals surface area contributed by atoms with E-state index >= 15 is 0 Å². The number of ether oxygens (including phenoxy) is 1. The lowest BCUT2D eigenvalue weighted by molar-refractivity contribution is 0.0600. The molecule has 0 N–H and O–H groups in total. The number of hydrogen-bond acceptors (Lipinski definition) is 3. The summed E-state index contributed by atoms with van der Waals surface area (Å²) in [4.78, 5) is 15.2. The molecule has 0 bridgehead atoms. The first-order chi connectivity index (χ1) is 8.04. The van der Waals surface area contributed by atoms with E-state index in [-0.39, 0.29) is 16.2 Å². The van der Waals surface area contributed by atoms with Crippen LogP contribution in [0.3, 0.4) is 0 Å². The van der Waals surface area contributed by atoms with Gasteiger partial charge in [0, 0.05) is 5.39 Å². The van der Waals surface area contributed by atoms with Crippen molar-refractivity contribution in [1.29, 1.82) is 0 Å². The highest BCUT2D eigenvalue weighted by molar-refractivity contribution is 9.10. The molecule has 2 rings (SSSR count). The molecule has 1 aromatic carbocycles. The molecule has 17 heavy (non-hydrogen) atoms. The summed E-state index contributed by atoms with van der Waals surface area (Å²) in [6, 6.07) is 4.62. The Morgan fingerprint density at radius 1 is 1.53 bits per heavy atom. The van der Waals surface area contributed by atoms with Crippen molar-refractivity contribution in [3.8, 4) is 0 Å². The number of pyridine rings is 1. The normalized spacial score (nSPS) is 10.6. The molecule has 0 spiro atoms. The summed E-state index contributed by atoms with van der Waals surface area (Å²) in [5.41, 5.74) is 0.223. The quantitative estimate of drug-likeness (QED) is 0.596. The van der Waals surface area contributed by atoms with E-state index in [0.717, 1.165) is 0 Å². The fraction of sp³-hybridized carbons (Fsp3) is 0.0909. The van der Waals surface area contributed by atoms with Gasteiger partial charge in [-0.15, -0.1) is 0 Å². The molecule has 0 saturated heterocycles. The molecule has 0 atom stereocenters. The van der Waals surface area contributed by atoms with Gasteiger partial charge in [0.1, 0.15) is 10.7 Å². The Kier molecular flexibility index (Phi) is 3.31. The summed E-state index contributed by atoms with van der Waals surface area (Å²) in [5.74, 6) is -1.12. The van der Waals surface area contributed by atoms with E-state index in [9.17, 15) is 9.18 Å². The molecule has 0 aliphatic carbocycles. The van der Waals surface area contributed by atoms with Gasteiger partial charge in [0.2, 0.25) is 0 Å². The second-order valence-corrected chi connectivity index (χ2v) is 4.46. The van der Waals surface area contributed by atoms with Crippen LogP contribution in [0.1, 0.15) is 10.4 Å². The van der Waals surface area contributed by atoms with Crippen molar-refractivity contribution in [1.82, 2.24) is 4.98 Å². The fourth-order valence-corrected chi connectivity index (χ4v) is 1.95. The van der Waals surface area contributed by atoms with Gasteiger partial charge in [-0.1, -0.05) is 17.7 Å². The van der Waals surface area contributed by atoms with Crippen molar-refractivity contribution >= 4 is 44.4 Å². The lowest BCUT2D eigenvalue weighted by atomic mass is 10.1. The molecule has 0 fully saturated rings. The largest absolute Gasteiger partial charge is 0.465 e. The summed E-state index contributed by atoms with van der Waals surface area (Å²) in [5, 5.41) is 0.400. The predicted octanol–water partition coefficient (Wildman–Crippen LogP) is 3.58. The molecule has 1 aromatic heterocycles. The minimum Gasteiger partial charge on any atom is -0.465 e. The van der Waals surface area contributed by atoms with Crippen LogP contribution >= 0.6 is 27.5 Å². The van der Waals surface area contributed by atoms with Gasteiger partial charge in [-0.3, -0.25) is 0 Å². The number of nitrogens with zero attached hydrogens (tertiary/aromatic N) is 1. The van der Waals surface area contributed by atoms with Gasteiger partial charge >= 0.3 is 5.97 Å². The highest BCUT2D eigenvalue weighted by Gasteiger charge is 2.15. The summed E-state index contributed by atoms with van der Waals surface area (Å²) in [6.45, 7) is 0. The summed E-state index contributed by atoms with van der Waals surface area (Å²) >= 11 is 8.86. The number of fused-ring (bicyclic) bond motifs is 1. The molecule has 0 aliphatic heterocycles. The molecule has 0 amide bonds. The SMILES string of the molecule is COC(=O)c1cc2ccc(Br)c(F)c2nc1Cl. The maximum Gasteiger partial charge on any atom is 0.341 e. The average Bonchev–Trinajstić information content (AvgIpc) is 2.33. The van der Waals surface area contributed by atoms with Crippen molar-refractivity contribution in [2.24, 2.45) is 0 Å². The molecular formula is C11H6BrClFNO2. The van der Waals surface area contributed by atoms with Crippen LogP contribution in [-0.4, -0.2) is 18.1 Å². The van der Waals surface area contributed by atoms with Crippen LogP contribution in [0.15, 0.2) is 22.7 Å². The molecule has 0 unspecified atom stereocenters. The van der Waals surface area contributed by atoms with Crippen LogP contribution in [0.5, 0.6) is 0 Å². The molecular weight excluding hydrogens is 312 g/mol. The van der Waals surface area contributed by atoms with E-state index in [4.69, 9.17) is 11.6 Å². The zero-order chi connectivity index (χ0) is 12.6. The molecule has 88 valence electrons. The van der Waals surface area contributed by atoms with E-state index in [1.807, 2.05) is 0 Å². The maximum absolute atomic E-state index is 13.7. The van der Waals surface area contributed by atoms with Crippen molar-refractivity contribution in [2.75, 3.05) is 7.11 Å². The maximum atomic E-state index is 13.7. The summed E-state index contributed by atoms with van der Waals surface area (Å²) < 4.78 is 18.6. The average molecular weight is 319 g/mol. The molecule has 0 radical (unpaired) electrons. The van der Waals surface area contributed by atoms with Crippen LogP contribution in [0.25, 0.3) is 10.9 Å². The van der Waals surface area contributed by atoms with E-state index < -0.39 is 11.8 Å². The van der Waals surface area contributed by atoms with Crippen molar-refractivity contribution in [2.45, 2.75) is 0 Å². The van der Waals surface area contributed by atoms with Gasteiger partial charge in [-0.05, 0) is 28.1 Å². The van der Waals surface area contributed by atoms with Gasteiger partial charge in [0.05, 0.1) is 17.1 Å². The van der Waals surface area contributed by atoms with E-state index in [1.54, 1.807) is 6.07 Å². The number of carbonyl (C=O) groups excluding carboxylic acids is 1. The van der Waals surface area contributed by atoms with Gasteiger partial charge in [-0.2, -0.15) is 0 Å². The fourth-order valence-electron chi connectivity index (χ4n) is 1.41. The van der Waals surface area contributed by atoms with Crippen LogP contribution < -0.4 is 0 Å². The van der Waals surface area contributed by atoms with Gasteiger partial charge in [-0.25, -0.2) is 14.2 Å². The Morgan fingerprint density at radius 2 is 2.24 bits per heavy atom. The third kappa shape index (κ3) is 2.12. The second-order valence-electron chi connectivity index (χ2n) is 3.25. The Balaban J connectivity index is 2.75. The summed E-state index contributed by atoms with van der Waals surface area (Å²) in [6.07, 6.45) is 0. The second kappa shape index (κ2) is 4.58. The number of esters is 1. The van der Waals surface area contributed by atoms with Crippen LogP contribution in [0.2, 0.25) is 5.15 Å². The third-order valence-electron chi connectivity index (χ3n) is 2.24. The van der Waals surface area contributed by atoms with Gasteiger partial charge in [0.25, 0.3) is 0 Å². The first-order valence-electron chi connectivity index (χ1n) is 4.57. The highest BCUT2D eigenvalue weighted by atomic mass is 79.9. The predicted molar refractivity (Wildman–Crippen MR) is 65.8 cm³/mol. The van der Waals surface area contributed by atoms with Crippen LogP contribution in [0, 0.1) is 5.82 Å². The number of hydrogen-bond donors (Lipinski definition) is 0. The number of halogens is 3. The lowest BCUT2D eigenvalue weighted by Gasteiger charge is -2.05. The zero-order valence-corrected chi connectivity index (χ0v) is 11.0. The Labute approximate surface area is 110 Å². The van der Waals surface area contributed by atoms with Crippen LogP contribution in [0.4, 0.5) is 4.39 Å². The number of rotatable bonds is 1. The lowest BCUT2D eigenvalue weighted by Crippen LogP contribution is -2.04. The number of methoxy groups -OCH3 is 1. The third-order valence-corrected chi connectivity index (χ3v) is 3.14. The monoisotopic (exact) mass is 317 g/mol. The smallest absolute Gasteiger partial charge is 0.341 e. The molecule has 0 saturated carbocycles. The first-order valence-corrected chi connectivity index (χ1v) is 5.74. The number of aromatic nitrogens is 1. The first kappa shape index (κ1) is 12.3. The number of benzene rings is 1. The van der Waals surface area contributed by atoms with Gasteiger partial charge < -0.3 is 4.74 Å². The molecule has 2 aromatic rings. The van der Waals surface area contributed by atoms with E-state index in [0.29, 0.717) is 9.86 Å². The Bertz CT molecular complexity index is 618. The minimum absolute atomic E-state index is 0.0821. The topological polar surface area (TPSA) is 39.2 Å². The van der Waals surface area contributed by atoms with E-state index in [1.165, 1.54) is 19.2 Å². The Hall–Kier alpha value is -1.20. The number of carbonyl (C=O) groups is 1. The van der Waals surface area contributed by atoms with Crippen molar-refractivity contribution in [3.05, 3.63) is 39.2 Å². The minimum atomic E-state index is -0.604. The molecule has 0 aliphatic rings. The van der Waals surface area contributed by atoms with Crippen molar-refractivity contribution in [3.63, 3.8) is 0 Å². The standard InChI is InChI=1S/C11H6BrClFNO2/c1-17-11(16)6-4-5-2-3-7(12)8(14)9(5)15-10(6)13/h2-4H,1H3. The molecule has 3 nitrogen and oxygen atoms in total. The van der Waals surface area contributed by atoms with Crippen LogP contribution in [-0.2, 0) is 4.74 Å². The molecule has 6 heteroatoms. The molecule has 1 heterocycles. The van der Waals surface area contributed by atoms with E-state index in [2.05, 4.69) is 25.7 Å². The summed E-state index contributed by atoms with van der Waals surface area (Å²) in [7, 11) is 1.24. The Morgan fingerprint density at radius 3 is 2.88 bits per heavy atom. The van der Waals surface area contributed by atoms with Crippen molar-refractivity contribution < 1.29 is 13.9 Å². The van der Waals surface area contributed by atoms with Gasteiger partial charge in [0.15, 0.2) is 5.82 Å². The highest BCUT2D eigenvalue weighted by Crippen LogP contribution is 2.27. The zero-order valence-electron chi connectivity index (χ0n) is 8.63.